The maximum absolute atomic E-state index is 13.0. The molecule has 1 saturated heterocycles. The van der Waals surface area contributed by atoms with E-state index >= 15 is 0 Å². The maximum atomic E-state index is 13.0. The van der Waals surface area contributed by atoms with E-state index in [9.17, 15) is 14.7 Å². The Kier molecular flexibility index (Phi) is 5.85. The summed E-state index contributed by atoms with van der Waals surface area (Å²) in [5.74, 6) is 0.337. The van der Waals surface area contributed by atoms with E-state index in [-0.39, 0.29) is 17.7 Å². The fourth-order valence-corrected chi connectivity index (χ4v) is 5.64. The van der Waals surface area contributed by atoms with Gasteiger partial charge in [0.1, 0.15) is 5.82 Å². The number of carbonyl (C=O) groups is 2. The van der Waals surface area contributed by atoms with Crippen LogP contribution in [0.3, 0.4) is 0 Å². The lowest BCUT2D eigenvalue weighted by Gasteiger charge is -2.42. The molecule has 0 unspecified atom stereocenters. The molecule has 0 bridgehead atoms. The van der Waals surface area contributed by atoms with Crippen LogP contribution in [0.1, 0.15) is 60.8 Å². The van der Waals surface area contributed by atoms with E-state index in [1.165, 1.54) is 5.56 Å². The summed E-state index contributed by atoms with van der Waals surface area (Å²) in [4.78, 5) is 31.8. The molecule has 1 saturated carbocycles. The summed E-state index contributed by atoms with van der Waals surface area (Å²) in [6.45, 7) is 2.52. The number of fused-ring (bicyclic) bond motifs is 1. The van der Waals surface area contributed by atoms with Crippen LogP contribution in [0, 0.1) is 11.8 Å². The highest BCUT2D eigenvalue weighted by Crippen LogP contribution is 2.45. The molecule has 6 nitrogen and oxygen atoms in total. The van der Waals surface area contributed by atoms with E-state index in [1.807, 2.05) is 35.2 Å². The molecule has 1 amide bonds. The molecule has 3 aliphatic rings. The van der Waals surface area contributed by atoms with Crippen molar-refractivity contribution in [2.45, 2.75) is 50.4 Å². The summed E-state index contributed by atoms with van der Waals surface area (Å²) < 4.78 is 0. The van der Waals surface area contributed by atoms with E-state index in [0.717, 1.165) is 62.4 Å². The first-order valence-corrected chi connectivity index (χ1v) is 11.9. The topological polar surface area (TPSA) is 82.5 Å². The number of rotatable bonds is 5. The Bertz CT molecular complexity index is 979. The average Bonchev–Trinajstić information content (AvgIpc) is 2.81. The lowest BCUT2D eigenvalue weighted by Crippen LogP contribution is -2.46. The molecule has 0 radical (unpaired) electrons. The number of piperidine rings is 1. The number of hydrogen-bond acceptors (Lipinski definition) is 4. The number of benzene rings is 1. The van der Waals surface area contributed by atoms with Gasteiger partial charge in [-0.3, -0.25) is 9.59 Å². The molecule has 6 heteroatoms. The van der Waals surface area contributed by atoms with Crippen molar-refractivity contribution in [2.75, 3.05) is 25.0 Å². The summed E-state index contributed by atoms with van der Waals surface area (Å²) in [6, 6.07) is 13.8. The molecule has 1 atom stereocenters. The van der Waals surface area contributed by atoms with Crippen LogP contribution < -0.4 is 5.32 Å². The Hall–Kier alpha value is -2.89. The van der Waals surface area contributed by atoms with E-state index in [0.29, 0.717) is 18.8 Å². The molecule has 5 rings (SSSR count). The Morgan fingerprint density at radius 2 is 1.81 bits per heavy atom. The van der Waals surface area contributed by atoms with Crippen molar-refractivity contribution >= 4 is 17.7 Å². The molecule has 2 N–H and O–H groups in total. The minimum atomic E-state index is -0.792. The van der Waals surface area contributed by atoms with Gasteiger partial charge in [0.2, 0.25) is 5.91 Å². The van der Waals surface area contributed by atoms with Crippen molar-refractivity contribution < 1.29 is 14.7 Å². The SMILES string of the molecule is O=C(O)[C@@H](c1ccccc1)C1CC(C(=O)N2CCC(c3ccc4c(n3)NCCC4)CC2)C1. The number of carboxylic acid groups (broad SMARTS) is 1. The minimum Gasteiger partial charge on any atom is -0.481 e. The van der Waals surface area contributed by atoms with Gasteiger partial charge < -0.3 is 15.3 Å². The second-order valence-electron chi connectivity index (χ2n) is 9.53. The van der Waals surface area contributed by atoms with E-state index < -0.39 is 11.9 Å². The van der Waals surface area contributed by atoms with Crippen LogP contribution in [0.15, 0.2) is 42.5 Å². The number of pyridine rings is 1. The summed E-state index contributed by atoms with van der Waals surface area (Å²) in [5.41, 5.74) is 3.28. The van der Waals surface area contributed by atoms with Gasteiger partial charge in [-0.2, -0.15) is 0 Å². The van der Waals surface area contributed by atoms with Gasteiger partial charge in [0.05, 0.1) is 5.92 Å². The number of carboxylic acids is 1. The van der Waals surface area contributed by atoms with Gasteiger partial charge in [0, 0.05) is 37.2 Å². The molecule has 1 aromatic heterocycles. The second-order valence-corrected chi connectivity index (χ2v) is 9.53. The Balaban J connectivity index is 1.15. The zero-order valence-electron chi connectivity index (χ0n) is 18.4. The Labute approximate surface area is 189 Å². The van der Waals surface area contributed by atoms with Crippen LogP contribution in [0.4, 0.5) is 5.82 Å². The van der Waals surface area contributed by atoms with Gasteiger partial charge in [0.15, 0.2) is 0 Å². The maximum Gasteiger partial charge on any atom is 0.311 e. The number of carbonyl (C=O) groups excluding carboxylic acids is 1. The molecular formula is C26H31N3O3. The zero-order valence-corrected chi connectivity index (χ0v) is 18.4. The molecule has 2 aromatic rings. The molecule has 2 aliphatic heterocycles. The standard InChI is InChI=1S/C26H31N3O3/c30-25(21-15-20(16-21)23(26(31)32)18-5-2-1-3-6-18)29-13-10-17(11-14-29)22-9-8-19-7-4-12-27-24(19)28-22/h1-3,5-6,8-9,17,20-21,23H,4,7,10-16H2,(H,27,28)(H,31,32)/t20?,21?,23-/m0/s1. The second kappa shape index (κ2) is 8.93. The number of aromatic nitrogens is 1. The molecule has 2 fully saturated rings. The molecule has 0 spiro atoms. The lowest BCUT2D eigenvalue weighted by molar-refractivity contribution is -0.147. The monoisotopic (exact) mass is 433 g/mol. The van der Waals surface area contributed by atoms with Crippen molar-refractivity contribution in [3.63, 3.8) is 0 Å². The van der Waals surface area contributed by atoms with Gasteiger partial charge in [-0.05, 0) is 61.6 Å². The van der Waals surface area contributed by atoms with E-state index in [2.05, 4.69) is 17.4 Å². The van der Waals surface area contributed by atoms with E-state index in [1.54, 1.807) is 0 Å². The number of likely N-dealkylation sites (tertiary alicyclic amines) is 1. The summed E-state index contributed by atoms with van der Waals surface area (Å²) in [6.07, 6.45) is 5.48. The van der Waals surface area contributed by atoms with Crippen molar-refractivity contribution in [3.05, 3.63) is 59.3 Å². The number of aryl methyl sites for hydroxylation is 1. The Morgan fingerprint density at radius 3 is 2.53 bits per heavy atom. The van der Waals surface area contributed by atoms with Crippen molar-refractivity contribution in [1.82, 2.24) is 9.88 Å². The summed E-state index contributed by atoms with van der Waals surface area (Å²) in [7, 11) is 0. The number of anilines is 1. The highest BCUT2D eigenvalue weighted by Gasteiger charge is 2.44. The van der Waals surface area contributed by atoms with Gasteiger partial charge in [-0.25, -0.2) is 4.98 Å². The number of amides is 1. The predicted molar refractivity (Wildman–Crippen MR) is 123 cm³/mol. The minimum absolute atomic E-state index is 0.0341. The molecular weight excluding hydrogens is 402 g/mol. The van der Waals surface area contributed by atoms with Crippen LogP contribution >= 0.6 is 0 Å². The lowest BCUT2D eigenvalue weighted by atomic mass is 9.66. The van der Waals surface area contributed by atoms with Crippen LogP contribution in [-0.4, -0.2) is 46.5 Å². The molecule has 1 aliphatic carbocycles. The largest absolute Gasteiger partial charge is 0.481 e. The summed E-state index contributed by atoms with van der Waals surface area (Å²) >= 11 is 0. The van der Waals surface area contributed by atoms with Crippen LogP contribution in [-0.2, 0) is 16.0 Å². The van der Waals surface area contributed by atoms with Crippen LogP contribution in [0.2, 0.25) is 0 Å². The molecule has 3 heterocycles. The third-order valence-corrected chi connectivity index (χ3v) is 7.56. The third kappa shape index (κ3) is 4.10. The highest BCUT2D eigenvalue weighted by molar-refractivity contribution is 5.81. The van der Waals surface area contributed by atoms with Crippen molar-refractivity contribution in [1.29, 1.82) is 0 Å². The Morgan fingerprint density at radius 1 is 1.06 bits per heavy atom. The fraction of sp³-hybridized carbons (Fsp3) is 0.500. The van der Waals surface area contributed by atoms with Gasteiger partial charge >= 0.3 is 5.97 Å². The van der Waals surface area contributed by atoms with Gasteiger partial charge in [0.25, 0.3) is 0 Å². The highest BCUT2D eigenvalue weighted by atomic mass is 16.4. The van der Waals surface area contributed by atoms with Crippen LogP contribution in [0.25, 0.3) is 0 Å². The zero-order chi connectivity index (χ0) is 22.1. The molecule has 1 aromatic carbocycles. The average molecular weight is 434 g/mol. The predicted octanol–water partition coefficient (Wildman–Crippen LogP) is 4.04. The molecule has 168 valence electrons. The first kappa shape index (κ1) is 21.0. The number of nitrogens with zero attached hydrogens (tertiary/aromatic N) is 2. The summed E-state index contributed by atoms with van der Waals surface area (Å²) in [5, 5.41) is 13.2. The normalized spacial score (nSPS) is 24.1. The number of nitrogens with one attached hydrogen (secondary N) is 1. The van der Waals surface area contributed by atoms with Gasteiger partial charge in [-0.15, -0.1) is 0 Å². The van der Waals surface area contributed by atoms with E-state index in [4.69, 9.17) is 4.98 Å². The first-order valence-electron chi connectivity index (χ1n) is 11.9. The third-order valence-electron chi connectivity index (χ3n) is 7.56. The van der Waals surface area contributed by atoms with Crippen LogP contribution in [0.5, 0.6) is 0 Å². The van der Waals surface area contributed by atoms with Crippen molar-refractivity contribution in [2.24, 2.45) is 11.8 Å². The quantitative estimate of drug-likeness (QED) is 0.744. The fourth-order valence-electron chi connectivity index (χ4n) is 5.64. The first-order chi connectivity index (χ1) is 15.6. The smallest absolute Gasteiger partial charge is 0.311 e. The van der Waals surface area contributed by atoms with Crippen molar-refractivity contribution in [3.8, 4) is 0 Å². The van der Waals surface area contributed by atoms with Gasteiger partial charge in [-0.1, -0.05) is 36.4 Å². The number of hydrogen-bond donors (Lipinski definition) is 2. The molecule has 32 heavy (non-hydrogen) atoms. The number of aliphatic carboxylic acids is 1.